The molecule has 4 aromatic rings. The molecule has 30 heavy (non-hydrogen) atoms. The van der Waals surface area contributed by atoms with Crippen molar-refractivity contribution in [2.45, 2.75) is 18.8 Å². The fraction of sp³-hybridized carbons (Fsp3) is 0.143. The molecule has 0 radical (unpaired) electrons. The summed E-state index contributed by atoms with van der Waals surface area (Å²) in [6, 6.07) is 6.64. The summed E-state index contributed by atoms with van der Waals surface area (Å²) in [5.74, 6) is -1.76. The number of aromatic nitrogens is 3. The number of halogens is 3. The van der Waals surface area contributed by atoms with Gasteiger partial charge in [0.2, 0.25) is 0 Å². The van der Waals surface area contributed by atoms with E-state index in [1.807, 2.05) is 0 Å². The van der Waals surface area contributed by atoms with Gasteiger partial charge in [0.05, 0.1) is 23.1 Å². The van der Waals surface area contributed by atoms with Gasteiger partial charge in [0.25, 0.3) is 5.91 Å². The van der Waals surface area contributed by atoms with Gasteiger partial charge >= 0.3 is 0 Å². The second kappa shape index (κ2) is 7.14. The summed E-state index contributed by atoms with van der Waals surface area (Å²) in [5.41, 5.74) is 1.63. The fourth-order valence-electron chi connectivity index (χ4n) is 3.09. The van der Waals surface area contributed by atoms with E-state index in [9.17, 15) is 13.6 Å². The van der Waals surface area contributed by atoms with Crippen LogP contribution in [0.4, 0.5) is 14.6 Å². The van der Waals surface area contributed by atoms with Crippen molar-refractivity contribution >= 4 is 34.4 Å². The molecule has 0 spiro atoms. The molecule has 1 N–H and O–H groups in total. The van der Waals surface area contributed by atoms with Gasteiger partial charge in [0.15, 0.2) is 17.3 Å². The average molecular weight is 427 g/mol. The number of oxazole rings is 1. The van der Waals surface area contributed by atoms with Gasteiger partial charge in [-0.15, -0.1) is 0 Å². The number of anilines is 1. The van der Waals surface area contributed by atoms with Gasteiger partial charge in [-0.05, 0) is 37.1 Å². The van der Waals surface area contributed by atoms with E-state index < -0.39 is 23.1 Å². The van der Waals surface area contributed by atoms with E-state index >= 15 is 0 Å². The normalized spacial score (nSPS) is 13.6. The van der Waals surface area contributed by atoms with Crippen molar-refractivity contribution in [1.82, 2.24) is 15.0 Å². The Morgan fingerprint density at radius 1 is 1.13 bits per heavy atom. The lowest BCUT2D eigenvalue weighted by Crippen LogP contribution is -2.16. The van der Waals surface area contributed by atoms with Gasteiger partial charge < -0.3 is 9.73 Å². The lowest BCUT2D eigenvalue weighted by Gasteiger charge is -2.07. The van der Waals surface area contributed by atoms with E-state index in [2.05, 4.69) is 20.3 Å². The predicted octanol–water partition coefficient (Wildman–Crippen LogP) is 5.35. The number of rotatable bonds is 4. The van der Waals surface area contributed by atoms with E-state index in [0.29, 0.717) is 39.2 Å². The molecule has 0 unspecified atom stereocenters. The highest BCUT2D eigenvalue weighted by Gasteiger charge is 2.29. The summed E-state index contributed by atoms with van der Waals surface area (Å²) in [5, 5.41) is 2.76. The number of hydrogen-bond donors (Lipinski definition) is 1. The second-order valence-electron chi connectivity index (χ2n) is 6.96. The third-order valence-corrected chi connectivity index (χ3v) is 5.09. The highest BCUT2D eigenvalue weighted by molar-refractivity contribution is 6.34. The minimum Gasteiger partial charge on any atom is -0.440 e. The molecule has 2 heterocycles. The summed E-state index contributed by atoms with van der Waals surface area (Å²) < 4.78 is 33.3. The van der Waals surface area contributed by atoms with Gasteiger partial charge in [-0.1, -0.05) is 17.7 Å². The molecule has 1 aliphatic carbocycles. The standard InChI is InChI=1S/C21H13ClF2N4O2/c22-12-7-15-17(30-21(27-15)10-4-5-10)6-11(12)16-8-26-18(9-25-16)28-20(29)19-13(23)2-1-3-14(19)24/h1-3,6-10H,4-5H2,(H,26,28,29). The third-order valence-electron chi connectivity index (χ3n) is 4.78. The van der Waals surface area contributed by atoms with Crippen LogP contribution in [0.1, 0.15) is 35.0 Å². The first kappa shape index (κ1) is 18.6. The maximum atomic E-state index is 13.8. The first-order valence-electron chi connectivity index (χ1n) is 9.17. The van der Waals surface area contributed by atoms with Gasteiger partial charge in [0, 0.05) is 11.5 Å². The van der Waals surface area contributed by atoms with E-state index in [-0.39, 0.29) is 5.82 Å². The number of benzene rings is 2. The Morgan fingerprint density at radius 2 is 1.90 bits per heavy atom. The molecule has 0 bridgehead atoms. The number of carbonyl (C=O) groups excluding carboxylic acids is 1. The monoisotopic (exact) mass is 426 g/mol. The van der Waals surface area contributed by atoms with Gasteiger partial charge in [-0.3, -0.25) is 9.78 Å². The SMILES string of the molecule is O=C(Nc1cnc(-c2cc3oc(C4CC4)nc3cc2Cl)cn1)c1c(F)cccc1F. The molecule has 9 heteroatoms. The Kier molecular flexibility index (Phi) is 4.43. The third kappa shape index (κ3) is 3.39. The van der Waals surface area contributed by atoms with E-state index in [4.69, 9.17) is 16.0 Å². The minimum atomic E-state index is -0.963. The molecule has 0 atom stereocenters. The number of amides is 1. The second-order valence-corrected chi connectivity index (χ2v) is 7.37. The maximum absolute atomic E-state index is 13.8. The highest BCUT2D eigenvalue weighted by atomic mass is 35.5. The van der Waals surface area contributed by atoms with Crippen LogP contribution in [0.15, 0.2) is 47.1 Å². The predicted molar refractivity (Wildman–Crippen MR) is 106 cm³/mol. The molecule has 0 saturated heterocycles. The zero-order chi connectivity index (χ0) is 20.8. The quantitative estimate of drug-likeness (QED) is 0.476. The van der Waals surface area contributed by atoms with Gasteiger partial charge in [-0.2, -0.15) is 0 Å². The molecule has 1 aliphatic rings. The van der Waals surface area contributed by atoms with Crippen LogP contribution in [0.2, 0.25) is 5.02 Å². The van der Waals surface area contributed by atoms with Crippen molar-refractivity contribution in [3.8, 4) is 11.3 Å². The van der Waals surface area contributed by atoms with Crippen LogP contribution in [-0.4, -0.2) is 20.9 Å². The van der Waals surface area contributed by atoms with Crippen molar-refractivity contribution in [3.63, 3.8) is 0 Å². The largest absolute Gasteiger partial charge is 0.440 e. The molecular formula is C21H13ClF2N4O2. The van der Waals surface area contributed by atoms with Crippen molar-refractivity contribution in [2.24, 2.45) is 0 Å². The Bertz CT molecular complexity index is 1270. The Morgan fingerprint density at radius 3 is 2.57 bits per heavy atom. The summed E-state index contributed by atoms with van der Waals surface area (Å²) in [4.78, 5) is 25.0. The smallest absolute Gasteiger partial charge is 0.262 e. The summed E-state index contributed by atoms with van der Waals surface area (Å²) >= 11 is 6.38. The van der Waals surface area contributed by atoms with Crippen LogP contribution in [0.3, 0.4) is 0 Å². The average Bonchev–Trinajstić information content (AvgIpc) is 3.48. The van der Waals surface area contributed by atoms with Crippen LogP contribution in [0.5, 0.6) is 0 Å². The number of nitrogens with one attached hydrogen (secondary N) is 1. The first-order valence-corrected chi connectivity index (χ1v) is 9.55. The van der Waals surface area contributed by atoms with Crippen molar-refractivity contribution in [1.29, 1.82) is 0 Å². The number of fused-ring (bicyclic) bond motifs is 1. The van der Waals surface area contributed by atoms with E-state index in [1.54, 1.807) is 12.1 Å². The zero-order valence-corrected chi connectivity index (χ0v) is 16.1. The number of hydrogen-bond acceptors (Lipinski definition) is 5. The molecule has 1 saturated carbocycles. The molecule has 6 nitrogen and oxygen atoms in total. The van der Waals surface area contributed by atoms with Crippen LogP contribution in [0.25, 0.3) is 22.4 Å². The van der Waals surface area contributed by atoms with E-state index in [1.165, 1.54) is 18.5 Å². The molecule has 2 aromatic heterocycles. The number of carbonyl (C=O) groups is 1. The Labute approximate surface area is 173 Å². The van der Waals surface area contributed by atoms with Gasteiger partial charge in [-0.25, -0.2) is 18.7 Å². The van der Waals surface area contributed by atoms with Crippen LogP contribution in [-0.2, 0) is 0 Å². The number of nitrogens with zero attached hydrogens (tertiary/aromatic N) is 3. The molecule has 1 fully saturated rings. The molecule has 0 aliphatic heterocycles. The summed E-state index contributed by atoms with van der Waals surface area (Å²) in [7, 11) is 0. The lowest BCUT2D eigenvalue weighted by atomic mass is 10.1. The molecular weight excluding hydrogens is 414 g/mol. The minimum absolute atomic E-state index is 0.0410. The molecule has 5 rings (SSSR count). The summed E-state index contributed by atoms with van der Waals surface area (Å²) in [6.07, 6.45) is 4.83. The van der Waals surface area contributed by atoms with Crippen molar-refractivity contribution in [2.75, 3.05) is 5.32 Å². The van der Waals surface area contributed by atoms with Crippen molar-refractivity contribution < 1.29 is 18.0 Å². The van der Waals surface area contributed by atoms with Crippen LogP contribution >= 0.6 is 11.6 Å². The molecule has 150 valence electrons. The Balaban J connectivity index is 1.41. The topological polar surface area (TPSA) is 80.9 Å². The van der Waals surface area contributed by atoms with Crippen LogP contribution in [0, 0.1) is 11.6 Å². The van der Waals surface area contributed by atoms with Gasteiger partial charge in [0.1, 0.15) is 22.7 Å². The maximum Gasteiger partial charge on any atom is 0.262 e. The first-order chi connectivity index (χ1) is 14.5. The zero-order valence-electron chi connectivity index (χ0n) is 15.3. The molecule has 1 amide bonds. The van der Waals surface area contributed by atoms with Crippen LogP contribution < -0.4 is 5.32 Å². The van der Waals surface area contributed by atoms with Crippen molar-refractivity contribution in [3.05, 3.63) is 70.8 Å². The highest BCUT2D eigenvalue weighted by Crippen LogP contribution is 2.41. The summed E-state index contributed by atoms with van der Waals surface area (Å²) in [6.45, 7) is 0. The van der Waals surface area contributed by atoms with E-state index in [0.717, 1.165) is 25.0 Å². The Hall–Kier alpha value is -3.39. The fourth-order valence-corrected chi connectivity index (χ4v) is 3.35. The molecule has 2 aromatic carbocycles. The lowest BCUT2D eigenvalue weighted by molar-refractivity contribution is 0.101.